The fraction of sp³-hybridized carbons (Fsp3) is 0.762. The Hall–Kier alpha value is -0.291. The molecule has 184 valence electrons. The van der Waals surface area contributed by atoms with Crippen LogP contribution in [0.15, 0.2) is 6.08 Å². The zero-order valence-electron chi connectivity index (χ0n) is 19.1. The summed E-state index contributed by atoms with van der Waals surface area (Å²) < 4.78 is 16.4. The molecule has 0 aromatic rings. The normalized spacial score (nSPS) is 15.4. The van der Waals surface area contributed by atoms with E-state index in [2.05, 4.69) is 37.9 Å². The van der Waals surface area contributed by atoms with Crippen molar-refractivity contribution in [1.82, 2.24) is 0 Å². The molecule has 0 amide bonds. The summed E-state index contributed by atoms with van der Waals surface area (Å²) >= 11 is 7.55. The second-order valence-electron chi connectivity index (χ2n) is 7.45. The molecule has 0 radical (unpaired) electrons. The van der Waals surface area contributed by atoms with Gasteiger partial charge < -0.3 is 0 Å². The molecule has 11 heteroatoms. The molecule has 32 heavy (non-hydrogen) atoms. The number of rotatable bonds is 17. The summed E-state index contributed by atoms with van der Waals surface area (Å²) in [7, 11) is 0. The molecule has 0 fully saturated rings. The van der Waals surface area contributed by atoms with Crippen molar-refractivity contribution >= 4 is 81.4 Å². The maximum atomic E-state index is 12.7. The predicted molar refractivity (Wildman–Crippen MR) is 136 cm³/mol. The van der Waals surface area contributed by atoms with Crippen LogP contribution in [0, 0.1) is 0 Å². The van der Waals surface area contributed by atoms with E-state index in [1.807, 2.05) is 20.8 Å². The number of allylic oxidation sites excluding steroid dienone is 1. The van der Waals surface area contributed by atoms with Crippen LogP contribution in [0.25, 0.3) is 0 Å². The first-order chi connectivity index (χ1) is 15.2. The van der Waals surface area contributed by atoms with Crippen LogP contribution >= 0.6 is 37.9 Å². The summed E-state index contributed by atoms with van der Waals surface area (Å²) in [5.41, 5.74) is 0. The molecular weight excluding hydrogens is 579 g/mol. The van der Waals surface area contributed by atoms with Gasteiger partial charge in [0.05, 0.1) is 0 Å². The van der Waals surface area contributed by atoms with Crippen LogP contribution in [0.3, 0.4) is 0 Å². The molecule has 0 N–H and O–H groups in total. The van der Waals surface area contributed by atoms with Crippen molar-refractivity contribution in [2.75, 3.05) is 0 Å². The molecule has 0 aliphatic rings. The zero-order valence-corrected chi connectivity index (χ0v) is 24.6. The second-order valence-corrected chi connectivity index (χ2v) is 16.1. The minimum atomic E-state index is -5.28. The average molecular weight is 615 g/mol. The van der Waals surface area contributed by atoms with Gasteiger partial charge in [-0.05, 0) is 0 Å². The van der Waals surface area contributed by atoms with E-state index in [-0.39, 0.29) is 4.44 Å². The van der Waals surface area contributed by atoms with E-state index in [0.29, 0.717) is 19.3 Å². The number of carbonyl (C=O) groups is 3. The van der Waals surface area contributed by atoms with Crippen LogP contribution in [0.5, 0.6) is 0 Å². The van der Waals surface area contributed by atoms with Gasteiger partial charge in [-0.1, -0.05) is 0 Å². The number of carbonyl (C=O) groups excluding carboxylic acids is 4. The number of hydrogen-bond acceptors (Lipinski definition) is 10. The predicted octanol–water partition coefficient (Wildman–Crippen LogP) is 4.41. The molecule has 0 saturated heterocycles. The van der Waals surface area contributed by atoms with Crippen LogP contribution < -0.4 is 0 Å². The van der Waals surface area contributed by atoms with Crippen LogP contribution in [-0.4, -0.2) is 59.2 Å². The number of hydrogen-bond donors (Lipinski definition) is 3. The third-order valence-electron chi connectivity index (χ3n) is 4.51. The van der Waals surface area contributed by atoms with Crippen LogP contribution in [0.1, 0.15) is 78.6 Å². The molecule has 0 aliphatic heterocycles. The number of thiol groups is 3. The molecule has 0 aromatic carbocycles. The van der Waals surface area contributed by atoms with Gasteiger partial charge in [0.1, 0.15) is 0 Å². The second kappa shape index (κ2) is 18.1. The van der Waals surface area contributed by atoms with Crippen LogP contribution in [0.2, 0.25) is 4.44 Å². The number of unbranched alkanes of at least 4 members (excludes halogenated alkanes) is 3. The van der Waals surface area contributed by atoms with Crippen LogP contribution in [-0.2, 0) is 28.4 Å². The Kier molecular flexibility index (Phi) is 17.9. The Labute approximate surface area is 213 Å². The molecule has 0 heterocycles. The monoisotopic (exact) mass is 616 g/mol. The van der Waals surface area contributed by atoms with Gasteiger partial charge in [0.15, 0.2) is 0 Å². The molecule has 0 rings (SSSR count). The van der Waals surface area contributed by atoms with Gasteiger partial charge in [-0.25, -0.2) is 0 Å². The summed E-state index contributed by atoms with van der Waals surface area (Å²) in [6.07, 6.45) is 7.15. The van der Waals surface area contributed by atoms with Gasteiger partial charge in [0, 0.05) is 0 Å². The van der Waals surface area contributed by atoms with Crippen molar-refractivity contribution in [2.45, 2.75) is 98.7 Å². The fourth-order valence-electron chi connectivity index (χ4n) is 2.56. The Morgan fingerprint density at radius 3 is 1.31 bits per heavy atom. The third kappa shape index (κ3) is 12.8. The van der Waals surface area contributed by atoms with Gasteiger partial charge >= 0.3 is 215 Å². The summed E-state index contributed by atoms with van der Waals surface area (Å²) in [5.74, 6) is -0.654. The van der Waals surface area contributed by atoms with Crippen molar-refractivity contribution in [1.29, 1.82) is 0 Å². The molecule has 3 unspecified atom stereocenters. The van der Waals surface area contributed by atoms with Crippen molar-refractivity contribution in [2.24, 2.45) is 0 Å². The van der Waals surface area contributed by atoms with Crippen molar-refractivity contribution in [3.05, 3.63) is 6.08 Å². The van der Waals surface area contributed by atoms with E-state index in [1.54, 1.807) is 5.94 Å². The zero-order chi connectivity index (χ0) is 24.6. The van der Waals surface area contributed by atoms with Crippen molar-refractivity contribution in [3.63, 3.8) is 0 Å². The molecule has 0 spiro atoms. The minimum absolute atomic E-state index is 0.307. The first-order valence-corrected chi connectivity index (χ1v) is 18.1. The van der Waals surface area contributed by atoms with E-state index in [9.17, 15) is 19.2 Å². The quantitative estimate of drug-likeness (QED) is 0.127. The molecule has 0 bridgehead atoms. The molecule has 3 atom stereocenters. The van der Waals surface area contributed by atoms with E-state index in [4.69, 9.17) is 9.22 Å². The Balaban J connectivity index is 5.84. The first-order valence-electron chi connectivity index (χ1n) is 11.1. The van der Waals surface area contributed by atoms with Gasteiger partial charge in [0.2, 0.25) is 0 Å². The molecule has 0 aromatic heterocycles. The topological polar surface area (TPSA) is 96.0 Å². The Morgan fingerprint density at radius 2 is 1.06 bits per heavy atom. The molecule has 0 saturated carbocycles. The summed E-state index contributed by atoms with van der Waals surface area (Å²) in [4.78, 5) is 49.0. The van der Waals surface area contributed by atoms with E-state index >= 15 is 0 Å². The Morgan fingerprint density at radius 1 is 0.750 bits per heavy atom. The maximum absolute atomic E-state index is 12.7. The third-order valence-corrected chi connectivity index (χ3v) is 12.3. The van der Waals surface area contributed by atoms with E-state index in [0.717, 1.165) is 44.6 Å². The first kappa shape index (κ1) is 31.7. The van der Waals surface area contributed by atoms with Crippen molar-refractivity contribution < 1.29 is 28.4 Å². The Bertz CT molecular complexity index is 572. The summed E-state index contributed by atoms with van der Waals surface area (Å²) in [6, 6.07) is 0. The van der Waals surface area contributed by atoms with Gasteiger partial charge in [-0.3, -0.25) is 0 Å². The standard InChI is InChI=1S/3C6H12O2S.C3H3O.Sn/c3*1-2-3-4-5(9)6(7)8;1-2-3-4;/h3*5,9H,2-4H2,1H3,(H,7,8);2H,1H2;/q;;;;+3/p-3. The van der Waals surface area contributed by atoms with E-state index in [1.165, 1.54) is 0 Å². The SMILES string of the molecule is CCCCC(S)C(=O)[O][Sn]([CH2]C=C=O)([O]C(=O)C(S)CCCC)[O]C(=O)C(S)CCCC. The van der Waals surface area contributed by atoms with Gasteiger partial charge in [-0.2, -0.15) is 0 Å². The van der Waals surface area contributed by atoms with E-state index < -0.39 is 53.3 Å². The molecule has 7 nitrogen and oxygen atoms in total. The van der Waals surface area contributed by atoms with Crippen molar-refractivity contribution in [3.8, 4) is 0 Å². The molecule has 0 aliphatic carbocycles. The molecular formula is C21H36O7S3Sn. The average Bonchev–Trinajstić information content (AvgIpc) is 2.77. The van der Waals surface area contributed by atoms with Gasteiger partial charge in [-0.15, -0.1) is 0 Å². The van der Waals surface area contributed by atoms with Crippen LogP contribution in [0.4, 0.5) is 0 Å². The van der Waals surface area contributed by atoms with Gasteiger partial charge in [0.25, 0.3) is 0 Å². The summed E-state index contributed by atoms with van der Waals surface area (Å²) in [5, 5.41) is -2.33. The fourth-order valence-corrected chi connectivity index (χ4v) is 9.98. The summed E-state index contributed by atoms with van der Waals surface area (Å²) in [6.45, 7) is 5.92.